The van der Waals surface area contributed by atoms with Gasteiger partial charge >= 0.3 is 0 Å². The van der Waals surface area contributed by atoms with Crippen LogP contribution in [0.15, 0.2) is 12.4 Å². The maximum Gasteiger partial charge on any atom is 0.122 e. The van der Waals surface area contributed by atoms with Gasteiger partial charge in [0.05, 0.1) is 12.6 Å². The molecule has 0 aromatic carbocycles. The van der Waals surface area contributed by atoms with Gasteiger partial charge in [0.25, 0.3) is 0 Å². The Hall–Kier alpha value is -1.38. The zero-order chi connectivity index (χ0) is 14.3. The molecule has 0 spiro atoms. The Morgan fingerprint density at radius 1 is 1.58 bits per heavy atom. The van der Waals surface area contributed by atoms with Gasteiger partial charge < -0.3 is 4.57 Å². The summed E-state index contributed by atoms with van der Waals surface area (Å²) in [5.74, 6) is 1.07. The summed E-state index contributed by atoms with van der Waals surface area (Å²) in [4.78, 5) is 6.56. The summed E-state index contributed by atoms with van der Waals surface area (Å²) in [6, 6.07) is 2.36. The van der Waals surface area contributed by atoms with Gasteiger partial charge in [-0.3, -0.25) is 10.2 Å². The largest absolute Gasteiger partial charge is 0.337 e. The first-order valence-electron chi connectivity index (χ1n) is 6.82. The molecular formula is C14H25N5. The number of aromatic nitrogens is 2. The lowest BCUT2D eigenvalue weighted by atomic mass is 9.97. The molecule has 0 saturated carbocycles. The van der Waals surface area contributed by atoms with Crippen molar-refractivity contribution in [1.29, 1.82) is 5.26 Å². The van der Waals surface area contributed by atoms with E-state index in [0.717, 1.165) is 38.3 Å². The van der Waals surface area contributed by atoms with Crippen LogP contribution in [0.5, 0.6) is 0 Å². The van der Waals surface area contributed by atoms with Crippen LogP contribution in [0, 0.1) is 11.3 Å². The smallest absolute Gasteiger partial charge is 0.122 e. The Kier molecular flexibility index (Phi) is 6.00. The molecule has 1 unspecified atom stereocenters. The van der Waals surface area contributed by atoms with Crippen molar-refractivity contribution in [2.45, 2.75) is 38.8 Å². The molecule has 1 N–H and O–H groups in total. The Balaban J connectivity index is 2.33. The fourth-order valence-corrected chi connectivity index (χ4v) is 2.15. The monoisotopic (exact) mass is 263 g/mol. The van der Waals surface area contributed by atoms with Crippen molar-refractivity contribution in [3.05, 3.63) is 18.2 Å². The van der Waals surface area contributed by atoms with E-state index in [2.05, 4.69) is 28.3 Å². The van der Waals surface area contributed by atoms with Crippen molar-refractivity contribution in [2.24, 2.45) is 7.05 Å². The van der Waals surface area contributed by atoms with Gasteiger partial charge in [-0.2, -0.15) is 5.26 Å². The minimum Gasteiger partial charge on any atom is -0.337 e. The number of nitrogens with zero attached hydrogens (tertiary/aromatic N) is 4. The van der Waals surface area contributed by atoms with E-state index >= 15 is 0 Å². The first-order chi connectivity index (χ1) is 9.00. The van der Waals surface area contributed by atoms with Crippen LogP contribution in [-0.4, -0.2) is 40.1 Å². The Labute approximate surface area is 116 Å². The molecule has 1 aromatic rings. The molecule has 0 aliphatic rings. The van der Waals surface area contributed by atoms with Crippen LogP contribution in [0.1, 0.15) is 32.5 Å². The second-order valence-electron chi connectivity index (χ2n) is 5.27. The van der Waals surface area contributed by atoms with Crippen molar-refractivity contribution in [2.75, 3.05) is 20.1 Å². The molecule has 0 aliphatic carbocycles. The van der Waals surface area contributed by atoms with Crippen LogP contribution in [0.3, 0.4) is 0 Å². The lowest BCUT2D eigenvalue weighted by molar-refractivity contribution is 0.291. The van der Waals surface area contributed by atoms with Crippen LogP contribution < -0.4 is 5.32 Å². The molecule has 1 aromatic heterocycles. The molecule has 1 heterocycles. The molecule has 5 heteroatoms. The zero-order valence-electron chi connectivity index (χ0n) is 12.5. The minimum absolute atomic E-state index is 0.404. The van der Waals surface area contributed by atoms with E-state index in [1.807, 2.05) is 37.9 Å². The highest BCUT2D eigenvalue weighted by atomic mass is 15.1. The van der Waals surface area contributed by atoms with E-state index in [1.165, 1.54) is 0 Å². The molecular weight excluding hydrogens is 238 g/mol. The highest BCUT2D eigenvalue weighted by Gasteiger charge is 2.21. The summed E-state index contributed by atoms with van der Waals surface area (Å²) >= 11 is 0. The molecule has 106 valence electrons. The van der Waals surface area contributed by atoms with Gasteiger partial charge in [-0.15, -0.1) is 0 Å². The highest BCUT2D eigenvalue weighted by Crippen LogP contribution is 2.11. The number of aryl methyl sites for hydroxylation is 1. The fraction of sp³-hybridized carbons (Fsp3) is 0.714. The van der Waals surface area contributed by atoms with E-state index in [-0.39, 0.29) is 0 Å². The third-order valence-corrected chi connectivity index (χ3v) is 3.36. The van der Waals surface area contributed by atoms with Crippen molar-refractivity contribution in [3.8, 4) is 6.07 Å². The molecule has 1 rings (SSSR count). The van der Waals surface area contributed by atoms with E-state index in [1.54, 1.807) is 0 Å². The van der Waals surface area contributed by atoms with Gasteiger partial charge in [0.15, 0.2) is 0 Å². The third kappa shape index (κ3) is 5.01. The van der Waals surface area contributed by atoms with Gasteiger partial charge in [-0.1, -0.05) is 6.92 Å². The lowest BCUT2D eigenvalue weighted by Crippen LogP contribution is -2.41. The molecule has 0 radical (unpaired) electrons. The van der Waals surface area contributed by atoms with Crippen molar-refractivity contribution in [3.63, 3.8) is 0 Å². The Morgan fingerprint density at radius 2 is 2.32 bits per heavy atom. The number of hydrogen-bond acceptors (Lipinski definition) is 4. The number of hydrogen-bond donors (Lipinski definition) is 1. The van der Waals surface area contributed by atoms with Gasteiger partial charge in [0, 0.05) is 19.4 Å². The fourth-order valence-electron chi connectivity index (χ4n) is 2.15. The quantitative estimate of drug-likeness (QED) is 0.772. The average Bonchev–Trinajstić information content (AvgIpc) is 2.75. The summed E-state index contributed by atoms with van der Waals surface area (Å²) in [5.41, 5.74) is -0.404. The molecule has 0 bridgehead atoms. The summed E-state index contributed by atoms with van der Waals surface area (Å²) < 4.78 is 2.04. The number of rotatable bonds is 8. The summed E-state index contributed by atoms with van der Waals surface area (Å²) in [7, 11) is 4.10. The van der Waals surface area contributed by atoms with Crippen LogP contribution in [-0.2, 0) is 13.6 Å². The standard InChI is InChI=1S/C14H25N5/c1-5-17-14(2,12-15)7-6-9-18(3)11-13-16-8-10-19(13)4/h8,10,17H,5-7,9,11H2,1-4H3. The maximum atomic E-state index is 9.19. The second-order valence-corrected chi connectivity index (χ2v) is 5.27. The molecule has 19 heavy (non-hydrogen) atoms. The van der Waals surface area contributed by atoms with Gasteiger partial charge in [-0.25, -0.2) is 4.98 Å². The Bertz CT molecular complexity index is 420. The summed E-state index contributed by atoms with van der Waals surface area (Å²) in [6.07, 6.45) is 5.64. The van der Waals surface area contributed by atoms with Crippen LogP contribution in [0.25, 0.3) is 0 Å². The first-order valence-corrected chi connectivity index (χ1v) is 6.82. The maximum absolute atomic E-state index is 9.19. The van der Waals surface area contributed by atoms with E-state index in [4.69, 9.17) is 0 Å². The van der Waals surface area contributed by atoms with Gasteiger partial charge in [0.2, 0.25) is 0 Å². The molecule has 5 nitrogen and oxygen atoms in total. The average molecular weight is 263 g/mol. The molecule has 0 saturated heterocycles. The molecule has 0 amide bonds. The van der Waals surface area contributed by atoms with E-state index in [9.17, 15) is 5.26 Å². The number of nitrogens with one attached hydrogen (secondary N) is 1. The second kappa shape index (κ2) is 7.27. The number of nitriles is 1. The SMILES string of the molecule is CCNC(C)(C#N)CCCN(C)Cc1nccn1C. The third-order valence-electron chi connectivity index (χ3n) is 3.36. The lowest BCUT2D eigenvalue weighted by Gasteiger charge is -2.24. The Morgan fingerprint density at radius 3 is 2.84 bits per heavy atom. The first kappa shape index (κ1) is 15.7. The normalized spacial score (nSPS) is 14.3. The van der Waals surface area contributed by atoms with E-state index in [0.29, 0.717) is 0 Å². The summed E-state index contributed by atoms with van der Waals surface area (Å²) in [5, 5.41) is 12.4. The molecule has 1 atom stereocenters. The highest BCUT2D eigenvalue weighted by molar-refractivity contribution is 5.03. The van der Waals surface area contributed by atoms with Gasteiger partial charge in [-0.05, 0) is 39.9 Å². The molecule has 0 fully saturated rings. The molecule has 0 aliphatic heterocycles. The predicted octanol–water partition coefficient (Wildman–Crippen LogP) is 1.52. The zero-order valence-corrected chi connectivity index (χ0v) is 12.5. The predicted molar refractivity (Wildman–Crippen MR) is 76.5 cm³/mol. The van der Waals surface area contributed by atoms with Crippen molar-refractivity contribution in [1.82, 2.24) is 19.8 Å². The minimum atomic E-state index is -0.404. The topological polar surface area (TPSA) is 56.9 Å². The van der Waals surface area contributed by atoms with Crippen LogP contribution in [0.2, 0.25) is 0 Å². The number of imidazole rings is 1. The van der Waals surface area contributed by atoms with Crippen LogP contribution >= 0.6 is 0 Å². The summed E-state index contributed by atoms with van der Waals surface area (Å²) in [6.45, 7) is 6.63. The van der Waals surface area contributed by atoms with Gasteiger partial charge in [0.1, 0.15) is 11.4 Å². The van der Waals surface area contributed by atoms with Crippen molar-refractivity contribution < 1.29 is 0 Å². The van der Waals surface area contributed by atoms with Crippen LogP contribution in [0.4, 0.5) is 0 Å². The van der Waals surface area contributed by atoms with Crippen molar-refractivity contribution >= 4 is 0 Å². The van der Waals surface area contributed by atoms with E-state index < -0.39 is 5.54 Å².